The van der Waals surface area contributed by atoms with E-state index in [2.05, 4.69) is 87.4 Å². The summed E-state index contributed by atoms with van der Waals surface area (Å²) in [5.41, 5.74) is 4.00. The molecule has 4 bridgehead atoms. The summed E-state index contributed by atoms with van der Waals surface area (Å²) in [5.74, 6) is 5.76. The van der Waals surface area contributed by atoms with Crippen LogP contribution in [0.3, 0.4) is 0 Å². The zero-order valence-corrected chi connectivity index (χ0v) is 28.2. The minimum Gasteiger partial charge on any atom is -0.495 e. The van der Waals surface area contributed by atoms with Crippen molar-refractivity contribution in [3.8, 4) is 5.75 Å². The number of rotatable bonds is 7. The number of nitrogens with zero attached hydrogens (tertiary/aromatic N) is 4. The van der Waals surface area contributed by atoms with Gasteiger partial charge in [-0.1, -0.05) is 36.8 Å². The molecule has 2 aliphatic heterocycles. The molecule has 2 aromatic rings. The van der Waals surface area contributed by atoms with E-state index in [1.165, 1.54) is 106 Å². The van der Waals surface area contributed by atoms with Crippen molar-refractivity contribution in [2.75, 3.05) is 82.1 Å². The summed E-state index contributed by atoms with van der Waals surface area (Å²) in [6.45, 7) is 12.9. The van der Waals surface area contributed by atoms with Crippen molar-refractivity contribution in [3.05, 3.63) is 60.2 Å². The van der Waals surface area contributed by atoms with Crippen LogP contribution in [0.15, 0.2) is 59.5 Å². The summed E-state index contributed by atoms with van der Waals surface area (Å²) in [6, 6.07) is 16.3. The van der Waals surface area contributed by atoms with E-state index < -0.39 is 0 Å². The maximum atomic E-state index is 5.56. The fraction of sp³-hybridized carbons (Fsp3) is 0.632. The molecule has 6 atom stereocenters. The van der Waals surface area contributed by atoms with Crippen LogP contribution in [0.2, 0.25) is 0 Å². The molecule has 0 amide bonds. The highest BCUT2D eigenvalue weighted by atomic mass is 32.2. The number of aryl methyl sites for hydroxylation is 1. The van der Waals surface area contributed by atoms with Gasteiger partial charge in [-0.25, -0.2) is 0 Å². The molecule has 2 aromatic carbocycles. The van der Waals surface area contributed by atoms with Gasteiger partial charge in [0.15, 0.2) is 0 Å². The van der Waals surface area contributed by atoms with Crippen LogP contribution in [0.1, 0.15) is 44.1 Å². The van der Waals surface area contributed by atoms with Gasteiger partial charge in [-0.2, -0.15) is 0 Å². The van der Waals surface area contributed by atoms with Gasteiger partial charge in [-0.05, 0) is 105 Å². The number of methoxy groups -OCH3 is 1. The number of anilines is 2. The largest absolute Gasteiger partial charge is 0.495 e. The first-order valence-corrected chi connectivity index (χ1v) is 18.7. The Morgan fingerprint density at radius 3 is 2.23 bits per heavy atom. The van der Waals surface area contributed by atoms with E-state index in [1.54, 1.807) is 7.11 Å². The van der Waals surface area contributed by atoms with Crippen LogP contribution in [0, 0.1) is 36.5 Å². The van der Waals surface area contributed by atoms with E-state index in [9.17, 15) is 0 Å². The van der Waals surface area contributed by atoms with E-state index in [0.717, 1.165) is 54.5 Å². The average Bonchev–Trinajstić information content (AvgIpc) is 3.89. The zero-order valence-electron chi connectivity index (χ0n) is 27.4. The molecule has 2 heterocycles. The van der Waals surface area contributed by atoms with Gasteiger partial charge in [0, 0.05) is 69.8 Å². The van der Waals surface area contributed by atoms with Crippen LogP contribution in [-0.2, 0) is 0 Å². The normalized spacial score (nSPS) is 31.4. The van der Waals surface area contributed by atoms with Crippen LogP contribution in [0.4, 0.5) is 11.4 Å². The molecule has 5 nitrogen and oxygen atoms in total. The highest BCUT2D eigenvalue weighted by Gasteiger charge is 2.43. The number of hydrogen-bond donors (Lipinski definition) is 0. The van der Waals surface area contributed by atoms with E-state index in [4.69, 9.17) is 4.74 Å². The molecular weight excluding hydrogens is 561 g/mol. The maximum Gasteiger partial charge on any atom is 0.142 e. The molecule has 4 aliphatic carbocycles. The third kappa shape index (κ3) is 6.55. The molecule has 5 fully saturated rings. The van der Waals surface area contributed by atoms with Gasteiger partial charge in [-0.15, -0.1) is 11.8 Å². The highest BCUT2D eigenvalue weighted by Crippen LogP contribution is 2.47. The van der Waals surface area contributed by atoms with Crippen molar-refractivity contribution in [1.29, 1.82) is 0 Å². The quantitative estimate of drug-likeness (QED) is 0.244. The van der Waals surface area contributed by atoms with Crippen LogP contribution in [0.5, 0.6) is 5.75 Å². The number of thioether (sulfide) groups is 1. The van der Waals surface area contributed by atoms with Crippen molar-refractivity contribution in [3.63, 3.8) is 0 Å². The summed E-state index contributed by atoms with van der Waals surface area (Å²) >= 11 is 1.87. The molecule has 6 unspecified atom stereocenters. The number of benzene rings is 2. The molecule has 2 saturated heterocycles. The Kier molecular flexibility index (Phi) is 9.49. The Balaban J connectivity index is 0.000000143. The van der Waals surface area contributed by atoms with E-state index >= 15 is 0 Å². The van der Waals surface area contributed by atoms with Crippen molar-refractivity contribution in [2.24, 2.45) is 29.6 Å². The van der Waals surface area contributed by atoms with Gasteiger partial charge in [0.2, 0.25) is 0 Å². The van der Waals surface area contributed by atoms with E-state index in [-0.39, 0.29) is 0 Å². The molecular formula is C38H54N4OS. The molecule has 6 heteroatoms. The van der Waals surface area contributed by atoms with Crippen LogP contribution >= 0.6 is 11.8 Å². The van der Waals surface area contributed by atoms with Gasteiger partial charge >= 0.3 is 0 Å². The first kappa shape index (κ1) is 30.5. The fourth-order valence-corrected chi connectivity index (χ4v) is 10.1. The van der Waals surface area contributed by atoms with Gasteiger partial charge < -0.3 is 14.5 Å². The molecule has 238 valence electrons. The van der Waals surface area contributed by atoms with Gasteiger partial charge in [-0.3, -0.25) is 9.80 Å². The molecule has 3 saturated carbocycles. The van der Waals surface area contributed by atoms with Crippen molar-refractivity contribution < 1.29 is 4.74 Å². The van der Waals surface area contributed by atoms with E-state index in [0.29, 0.717) is 0 Å². The summed E-state index contributed by atoms with van der Waals surface area (Å²) in [6.07, 6.45) is 16.0. The minimum atomic E-state index is 0.870. The van der Waals surface area contributed by atoms with Crippen LogP contribution in [0.25, 0.3) is 0 Å². The summed E-state index contributed by atoms with van der Waals surface area (Å²) in [7, 11) is 1.77. The standard InChI is InChI=1S/C20H28N2O.C18H26N2S/c1-15-3-6-20(23-2)19(11-15)22-9-7-21(8-10-22)14-18-13-16-4-5-17(18)12-16;1-21-18-5-3-2-4-16(18)19-8-10-20(11-9-19)17-13-14-6-7-15(17)12-14/h3-6,11,16-18H,7-10,12-14H2,1-2H3;2-5,14-15,17H,6-13H2,1H3. The first-order chi connectivity index (χ1) is 21.6. The highest BCUT2D eigenvalue weighted by molar-refractivity contribution is 7.98. The third-order valence-electron chi connectivity index (χ3n) is 11.9. The number of para-hydroxylation sites is 1. The lowest BCUT2D eigenvalue weighted by atomic mass is 9.93. The van der Waals surface area contributed by atoms with Gasteiger partial charge in [0.05, 0.1) is 18.5 Å². The van der Waals surface area contributed by atoms with Gasteiger partial charge in [0.25, 0.3) is 0 Å². The second-order valence-corrected chi connectivity index (χ2v) is 15.3. The lowest BCUT2D eigenvalue weighted by Crippen LogP contribution is -2.51. The van der Waals surface area contributed by atoms with E-state index in [1.807, 2.05) is 11.8 Å². The molecule has 8 rings (SSSR count). The topological polar surface area (TPSA) is 22.2 Å². The SMILES string of the molecule is COc1ccc(C)cc1N1CCN(CC2CC3C=CC2C3)CC1.CSc1ccccc1N1CCN(C2CC3CCC2C3)CC1. The monoisotopic (exact) mass is 614 g/mol. The molecule has 44 heavy (non-hydrogen) atoms. The average molecular weight is 615 g/mol. The Hall–Kier alpha value is -2.15. The Morgan fingerprint density at radius 2 is 1.57 bits per heavy atom. The molecule has 0 N–H and O–H groups in total. The molecule has 6 aliphatic rings. The van der Waals surface area contributed by atoms with Gasteiger partial charge in [0.1, 0.15) is 5.75 Å². The van der Waals surface area contributed by atoms with Crippen molar-refractivity contribution >= 4 is 23.1 Å². The lowest BCUT2D eigenvalue weighted by Gasteiger charge is -2.42. The Labute approximate surface area is 271 Å². The number of allylic oxidation sites excluding steroid dienone is 2. The Bertz CT molecular complexity index is 1280. The van der Waals surface area contributed by atoms with Crippen LogP contribution in [-0.4, -0.2) is 88.1 Å². The molecule has 0 aromatic heterocycles. The second-order valence-electron chi connectivity index (χ2n) is 14.4. The van der Waals surface area contributed by atoms with Crippen LogP contribution < -0.4 is 14.5 Å². The predicted octanol–water partition coefficient (Wildman–Crippen LogP) is 7.06. The fourth-order valence-electron chi connectivity index (χ4n) is 9.50. The Morgan fingerprint density at radius 1 is 0.795 bits per heavy atom. The maximum absolute atomic E-state index is 5.56. The summed E-state index contributed by atoms with van der Waals surface area (Å²) < 4.78 is 5.56. The number of piperazine rings is 2. The van der Waals surface area contributed by atoms with Crippen molar-refractivity contribution in [2.45, 2.75) is 56.4 Å². The number of fused-ring (bicyclic) bond motifs is 4. The third-order valence-corrected chi connectivity index (χ3v) is 12.7. The first-order valence-electron chi connectivity index (χ1n) is 17.5. The lowest BCUT2D eigenvalue weighted by molar-refractivity contribution is 0.135. The smallest absolute Gasteiger partial charge is 0.142 e. The number of hydrogen-bond acceptors (Lipinski definition) is 6. The summed E-state index contributed by atoms with van der Waals surface area (Å²) in [4.78, 5) is 12.0. The summed E-state index contributed by atoms with van der Waals surface area (Å²) in [5, 5.41) is 0. The molecule has 0 spiro atoms. The minimum absolute atomic E-state index is 0.870. The van der Waals surface area contributed by atoms with Crippen molar-refractivity contribution in [1.82, 2.24) is 9.80 Å². The molecule has 0 radical (unpaired) electrons. The number of ether oxygens (including phenoxy) is 1. The zero-order chi connectivity index (χ0) is 30.0. The predicted molar refractivity (Wildman–Crippen MR) is 186 cm³/mol. The second kappa shape index (κ2) is 13.7.